The number of ether oxygens (including phenoxy) is 1. The Morgan fingerprint density at radius 3 is 1.46 bits per heavy atom. The maximum Gasteiger partial charge on any atom is 0.252 e. The van der Waals surface area contributed by atoms with Crippen molar-refractivity contribution in [2.24, 2.45) is 23.2 Å². The average molecular weight is 1060 g/mol. The molecule has 69 heavy (non-hydrogen) atoms. The van der Waals surface area contributed by atoms with Crippen molar-refractivity contribution < 1.29 is 31.2 Å². The normalized spacial score (nSPS) is 23.4. The van der Waals surface area contributed by atoms with E-state index >= 15 is 0 Å². The maximum absolute atomic E-state index is 13.3. The summed E-state index contributed by atoms with van der Waals surface area (Å²) in [5.41, 5.74) is 1.54. The molecular weight excluding hydrogens is 996 g/mol. The first-order valence-electron chi connectivity index (χ1n) is 24.5. The number of halogens is 2. The van der Waals surface area contributed by atoms with Crippen molar-refractivity contribution >= 4 is 77.7 Å². The van der Waals surface area contributed by atoms with E-state index in [0.29, 0.717) is 79.9 Å². The highest BCUT2D eigenvalue weighted by atomic mass is 35.5. The lowest BCUT2D eigenvalue weighted by molar-refractivity contribution is -0.0530. The number of thiophene rings is 2. The molecule has 13 nitrogen and oxygen atoms in total. The van der Waals surface area contributed by atoms with Crippen molar-refractivity contribution in [3.63, 3.8) is 0 Å². The number of sulfonamides is 2. The molecule has 6 aliphatic rings. The van der Waals surface area contributed by atoms with E-state index in [1.807, 2.05) is 0 Å². The fraction of sp³-hybridized carbons (Fsp3) is 0.560. The van der Waals surface area contributed by atoms with Gasteiger partial charge in [0.25, 0.3) is 31.9 Å². The predicted octanol–water partition coefficient (Wildman–Crippen LogP) is 8.79. The molecule has 2 aliphatic heterocycles. The first-order valence-corrected chi connectivity index (χ1v) is 29.7. The molecule has 4 saturated carbocycles. The van der Waals surface area contributed by atoms with E-state index in [4.69, 9.17) is 27.9 Å². The molecule has 2 aromatic carbocycles. The largest absolute Gasteiger partial charge is 0.380 e. The standard InChI is InChI=1S/C28H36ClN3O3S2.C22H30ClN3O4S2/c29-23-3-1-22(2-4-23)27(33)30-17-25-5-6-26(36-25)37(34,35)32-9-7-24(8-10-32)31-18-28-14-19-11-20(15-28)13-21(12-19)16-28;1-2-14-30-15-11-24-19-9-12-26(13-10-19)32(28,29)21-8-7-20(31-21)16-25-22(27)17-3-5-18(23)6-4-17/h1-6,19-21,24,31H,7-18H2,(H,30,33);3-8,19,24H,2,9-16H2,1H3,(H,25,27). The third-order valence-electron chi connectivity index (χ3n) is 14.4. The van der Waals surface area contributed by atoms with Gasteiger partial charge >= 0.3 is 0 Å². The highest BCUT2D eigenvalue weighted by Crippen LogP contribution is 2.59. The lowest BCUT2D eigenvalue weighted by Gasteiger charge is -2.57. The molecular formula is C50H66Cl2N6O7S4. The summed E-state index contributed by atoms with van der Waals surface area (Å²) < 4.78 is 62.0. The Hall–Kier alpha value is -2.94. The number of benzene rings is 2. The predicted molar refractivity (Wildman–Crippen MR) is 275 cm³/mol. The summed E-state index contributed by atoms with van der Waals surface area (Å²) in [6.07, 6.45) is 12.9. The fourth-order valence-corrected chi connectivity index (χ4v) is 17.3. The van der Waals surface area contributed by atoms with Gasteiger partial charge in [-0.2, -0.15) is 8.61 Å². The lowest BCUT2D eigenvalue weighted by atomic mass is 9.49. The topological polar surface area (TPSA) is 166 Å². The second-order valence-electron chi connectivity index (χ2n) is 19.5. The Bertz CT molecular complexity index is 2520. The van der Waals surface area contributed by atoms with Crippen molar-refractivity contribution in [1.29, 1.82) is 0 Å². The molecule has 0 radical (unpaired) electrons. The highest BCUT2D eigenvalue weighted by molar-refractivity contribution is 7.91. The van der Waals surface area contributed by atoms with Gasteiger partial charge in [-0.3, -0.25) is 9.59 Å². The number of amides is 2. The minimum atomic E-state index is -3.52. The molecule has 2 amide bonds. The van der Waals surface area contributed by atoms with Crippen molar-refractivity contribution in [3.05, 3.63) is 104 Å². The number of piperidine rings is 2. The Labute approximate surface area is 426 Å². The second kappa shape index (κ2) is 23.7. The Morgan fingerprint density at radius 1 is 0.623 bits per heavy atom. The van der Waals surface area contributed by atoms with Gasteiger partial charge in [-0.15, -0.1) is 22.7 Å². The van der Waals surface area contributed by atoms with E-state index in [9.17, 15) is 26.4 Å². The summed E-state index contributed by atoms with van der Waals surface area (Å²) in [4.78, 5) is 26.2. The number of hydrogen-bond acceptors (Lipinski definition) is 11. The second-order valence-corrected chi connectivity index (χ2v) is 27.1. The van der Waals surface area contributed by atoms with Crippen molar-refractivity contribution in [2.75, 3.05) is 52.5 Å². The van der Waals surface area contributed by atoms with Crippen molar-refractivity contribution in [2.45, 2.75) is 111 Å². The van der Waals surface area contributed by atoms with Crippen molar-refractivity contribution in [1.82, 2.24) is 29.9 Å². The highest BCUT2D eigenvalue weighted by Gasteiger charge is 2.50. The van der Waals surface area contributed by atoms with Gasteiger partial charge in [0, 0.05) is 88.9 Å². The van der Waals surface area contributed by atoms with Gasteiger partial charge in [0.1, 0.15) is 8.42 Å². The molecule has 0 atom stereocenters. The molecule has 4 N–H and O–H groups in total. The van der Waals surface area contributed by atoms with Crippen LogP contribution >= 0.6 is 45.9 Å². The summed E-state index contributed by atoms with van der Waals surface area (Å²) in [5, 5.41) is 14.1. The summed E-state index contributed by atoms with van der Waals surface area (Å²) in [6, 6.07) is 20.9. The number of nitrogens with one attached hydrogen (secondary N) is 4. The molecule has 4 heterocycles. The summed E-state index contributed by atoms with van der Waals surface area (Å²) in [5.74, 6) is 2.44. The van der Waals surface area contributed by atoms with E-state index in [2.05, 4.69) is 28.2 Å². The van der Waals surface area contributed by atoms with E-state index in [0.717, 1.165) is 79.3 Å². The number of carbonyl (C=O) groups excluding carboxylic acids is 2. The molecule has 0 unspecified atom stereocenters. The van der Waals surface area contributed by atoms with Crippen LogP contribution < -0.4 is 21.3 Å². The lowest BCUT2D eigenvalue weighted by Crippen LogP contribution is -2.53. The number of hydrogen-bond donors (Lipinski definition) is 4. The van der Waals surface area contributed by atoms with Gasteiger partial charge in [-0.05, 0) is 167 Å². The molecule has 10 rings (SSSR count). The molecule has 0 spiro atoms. The summed E-state index contributed by atoms with van der Waals surface area (Å²) in [6.45, 7) is 8.10. The van der Waals surface area contributed by atoms with E-state index in [-0.39, 0.29) is 24.9 Å². The van der Waals surface area contributed by atoms with E-state index in [1.54, 1.807) is 81.4 Å². The quantitative estimate of drug-likeness (QED) is 0.0672. The fourth-order valence-electron chi connectivity index (χ4n) is 11.2. The van der Waals surface area contributed by atoms with Crippen LogP contribution in [0.5, 0.6) is 0 Å². The SMILES string of the molecule is CCCOCCNC1CCN(S(=O)(=O)c2ccc(CNC(=O)c3ccc(Cl)cc3)s2)CC1.O=C(NCc1ccc(S(=O)(=O)N2CCC(NCC34CC5CC(CC(C5)C3)C4)CC2)s1)c1ccc(Cl)cc1. The minimum Gasteiger partial charge on any atom is -0.380 e. The van der Waals surface area contributed by atoms with Gasteiger partial charge in [-0.1, -0.05) is 30.1 Å². The van der Waals surface area contributed by atoms with E-state index < -0.39 is 20.0 Å². The monoisotopic (exact) mass is 1060 g/mol. The van der Waals surface area contributed by atoms with Gasteiger partial charge in [-0.25, -0.2) is 16.8 Å². The van der Waals surface area contributed by atoms with Crippen LogP contribution in [0.2, 0.25) is 10.0 Å². The van der Waals surface area contributed by atoms with E-state index in [1.165, 1.54) is 61.2 Å². The van der Waals surface area contributed by atoms with Gasteiger partial charge in [0.15, 0.2) is 0 Å². The van der Waals surface area contributed by atoms with Crippen molar-refractivity contribution in [3.8, 4) is 0 Å². The molecule has 4 bridgehead atoms. The molecule has 2 saturated heterocycles. The van der Waals surface area contributed by atoms with Gasteiger partial charge in [0.05, 0.1) is 19.7 Å². The molecule has 4 aliphatic carbocycles. The third kappa shape index (κ3) is 13.8. The van der Waals surface area contributed by atoms with Crippen LogP contribution in [-0.4, -0.2) is 102 Å². The third-order valence-corrected chi connectivity index (χ3v) is 21.8. The van der Waals surface area contributed by atoms with Gasteiger partial charge < -0.3 is 26.0 Å². The number of rotatable bonds is 19. The zero-order chi connectivity index (χ0) is 48.6. The first kappa shape index (κ1) is 52.4. The Morgan fingerprint density at radius 2 is 1.04 bits per heavy atom. The van der Waals surface area contributed by atoms with Crippen LogP contribution in [0.25, 0.3) is 0 Å². The zero-order valence-electron chi connectivity index (χ0n) is 39.3. The molecule has 2 aromatic heterocycles. The Balaban J connectivity index is 0.000000188. The number of nitrogens with zero attached hydrogens (tertiary/aromatic N) is 2. The minimum absolute atomic E-state index is 0.211. The van der Waals surface area contributed by atoms with Crippen LogP contribution in [0.15, 0.2) is 81.2 Å². The van der Waals surface area contributed by atoms with Gasteiger partial charge in [0.2, 0.25) is 0 Å². The van der Waals surface area contributed by atoms with Crippen LogP contribution in [-0.2, 0) is 37.9 Å². The molecule has 376 valence electrons. The smallest absolute Gasteiger partial charge is 0.252 e. The average Bonchev–Trinajstić information content (AvgIpc) is 4.04. The first-order chi connectivity index (χ1) is 33.2. The van der Waals surface area contributed by atoms with Crippen LogP contribution in [0, 0.1) is 23.2 Å². The zero-order valence-corrected chi connectivity index (χ0v) is 44.1. The van der Waals surface area contributed by atoms with Crippen LogP contribution in [0.1, 0.15) is 108 Å². The summed E-state index contributed by atoms with van der Waals surface area (Å²) >= 11 is 14.2. The molecule has 6 fully saturated rings. The summed E-state index contributed by atoms with van der Waals surface area (Å²) in [7, 11) is -7.04. The molecule has 4 aromatic rings. The molecule has 19 heteroatoms. The Kier molecular flexibility index (Phi) is 18.0. The van der Waals surface area contributed by atoms with Crippen LogP contribution in [0.3, 0.4) is 0 Å². The maximum atomic E-state index is 13.3. The van der Waals surface area contributed by atoms with Crippen LogP contribution in [0.4, 0.5) is 0 Å². The number of carbonyl (C=O) groups is 2.